The molecule has 4 heteroatoms. The van der Waals surface area contributed by atoms with Crippen molar-refractivity contribution in [3.05, 3.63) is 36.0 Å². The predicted molar refractivity (Wildman–Crippen MR) is 85.4 cm³/mol. The monoisotopic (exact) mass is 292 g/mol. The molecule has 2 aromatic rings. The van der Waals surface area contributed by atoms with E-state index in [4.69, 9.17) is 11.6 Å². The van der Waals surface area contributed by atoms with Gasteiger partial charge >= 0.3 is 0 Å². The van der Waals surface area contributed by atoms with Crippen molar-refractivity contribution in [3.63, 3.8) is 0 Å². The number of aromatic nitrogens is 1. The Morgan fingerprint density at radius 1 is 1.42 bits per heavy atom. The van der Waals surface area contributed by atoms with E-state index in [1.54, 1.807) is 0 Å². The van der Waals surface area contributed by atoms with E-state index in [1.807, 2.05) is 17.8 Å². The second kappa shape index (κ2) is 5.59. The van der Waals surface area contributed by atoms with E-state index in [0.717, 1.165) is 11.2 Å². The summed E-state index contributed by atoms with van der Waals surface area (Å²) in [6, 6.07) is 11.1. The maximum atomic E-state index is 5.98. The Hall–Kier alpha value is -0.930. The highest BCUT2D eigenvalue weighted by Crippen LogP contribution is 2.31. The van der Waals surface area contributed by atoms with Gasteiger partial charge in [0.2, 0.25) is 0 Å². The van der Waals surface area contributed by atoms with Crippen LogP contribution in [0.4, 0.5) is 5.69 Å². The number of para-hydroxylation sites is 1. The number of halogens is 1. The largest absolute Gasteiger partial charge is 0.370 e. The molecule has 1 aromatic carbocycles. The minimum atomic E-state index is 0.463. The molecular weight excluding hydrogens is 276 g/mol. The Morgan fingerprint density at radius 2 is 2.26 bits per heavy atom. The summed E-state index contributed by atoms with van der Waals surface area (Å²) < 4.78 is 0. The van der Waals surface area contributed by atoms with Gasteiger partial charge in [-0.3, -0.25) is 4.98 Å². The van der Waals surface area contributed by atoms with Crippen LogP contribution in [0, 0.1) is 0 Å². The van der Waals surface area contributed by atoms with Crippen LogP contribution in [0.5, 0.6) is 0 Å². The number of anilines is 1. The van der Waals surface area contributed by atoms with E-state index in [-0.39, 0.29) is 0 Å². The molecule has 0 aliphatic carbocycles. The summed E-state index contributed by atoms with van der Waals surface area (Å²) in [5, 5.41) is 1.22. The lowest BCUT2D eigenvalue weighted by molar-refractivity contribution is 0.701. The number of pyridine rings is 1. The first-order chi connectivity index (χ1) is 9.29. The molecular formula is C15H17ClN2S. The number of hydrogen-bond acceptors (Lipinski definition) is 3. The quantitative estimate of drug-likeness (QED) is 0.798. The molecule has 1 fully saturated rings. The minimum Gasteiger partial charge on any atom is -0.370 e. The van der Waals surface area contributed by atoms with Gasteiger partial charge in [-0.1, -0.05) is 18.2 Å². The topological polar surface area (TPSA) is 16.1 Å². The van der Waals surface area contributed by atoms with Crippen molar-refractivity contribution in [1.82, 2.24) is 4.98 Å². The molecule has 3 rings (SSSR count). The standard InChI is InChI=1S/C15H17ClN2S/c1-18(12-6-7-19-10-12)15-8-11(9-16)17-14-5-3-2-4-13(14)15/h2-5,8,12H,6-7,9-10H2,1H3. The molecule has 100 valence electrons. The number of alkyl halides is 1. The summed E-state index contributed by atoms with van der Waals surface area (Å²) in [6.45, 7) is 0. The van der Waals surface area contributed by atoms with E-state index < -0.39 is 0 Å². The van der Waals surface area contributed by atoms with Crippen molar-refractivity contribution in [2.45, 2.75) is 18.3 Å². The first-order valence-electron chi connectivity index (χ1n) is 6.55. The Balaban J connectivity index is 2.09. The van der Waals surface area contributed by atoms with Gasteiger partial charge < -0.3 is 4.90 Å². The van der Waals surface area contributed by atoms with Gasteiger partial charge in [0.25, 0.3) is 0 Å². The van der Waals surface area contributed by atoms with Gasteiger partial charge in [-0.25, -0.2) is 0 Å². The zero-order chi connectivity index (χ0) is 13.2. The summed E-state index contributed by atoms with van der Waals surface area (Å²) in [6.07, 6.45) is 1.26. The van der Waals surface area contributed by atoms with E-state index in [0.29, 0.717) is 11.9 Å². The summed E-state index contributed by atoms with van der Waals surface area (Å²) in [5.74, 6) is 2.94. The normalized spacial score (nSPS) is 18.9. The van der Waals surface area contributed by atoms with Crippen LogP contribution in [0.3, 0.4) is 0 Å². The van der Waals surface area contributed by atoms with Crippen LogP contribution in [0.15, 0.2) is 30.3 Å². The van der Waals surface area contributed by atoms with E-state index >= 15 is 0 Å². The summed E-state index contributed by atoms with van der Waals surface area (Å²) in [4.78, 5) is 7.00. The van der Waals surface area contributed by atoms with E-state index in [2.05, 4.69) is 41.2 Å². The van der Waals surface area contributed by atoms with Crippen molar-refractivity contribution >= 4 is 40.0 Å². The molecule has 0 radical (unpaired) electrons. The van der Waals surface area contributed by atoms with Crippen LogP contribution in [0.25, 0.3) is 10.9 Å². The van der Waals surface area contributed by atoms with Gasteiger partial charge in [-0.05, 0) is 24.3 Å². The third-order valence-electron chi connectivity index (χ3n) is 3.72. The third kappa shape index (κ3) is 2.54. The Kier molecular flexibility index (Phi) is 3.85. The average molecular weight is 293 g/mol. The molecule has 1 unspecified atom stereocenters. The molecule has 0 saturated carbocycles. The smallest absolute Gasteiger partial charge is 0.0726 e. The molecule has 2 nitrogen and oxygen atoms in total. The van der Waals surface area contributed by atoms with Crippen LogP contribution in [0.1, 0.15) is 12.1 Å². The maximum absolute atomic E-state index is 5.98. The fraction of sp³-hybridized carbons (Fsp3) is 0.400. The van der Waals surface area contributed by atoms with Crippen LogP contribution in [-0.4, -0.2) is 29.6 Å². The predicted octanol–water partition coefficient (Wildman–Crippen LogP) is 3.92. The third-order valence-corrected chi connectivity index (χ3v) is 5.14. The highest BCUT2D eigenvalue weighted by Gasteiger charge is 2.22. The molecule has 1 aliphatic rings. The number of hydrogen-bond donors (Lipinski definition) is 0. The summed E-state index contributed by atoms with van der Waals surface area (Å²) >= 11 is 8.02. The van der Waals surface area contributed by atoms with Crippen molar-refractivity contribution < 1.29 is 0 Å². The molecule has 0 bridgehead atoms. The van der Waals surface area contributed by atoms with Gasteiger partial charge in [0.15, 0.2) is 0 Å². The Bertz CT molecular complexity index is 581. The molecule has 2 heterocycles. The van der Waals surface area contributed by atoms with Crippen molar-refractivity contribution in [1.29, 1.82) is 0 Å². The van der Waals surface area contributed by atoms with Gasteiger partial charge in [-0.2, -0.15) is 11.8 Å². The van der Waals surface area contributed by atoms with Gasteiger partial charge in [0.05, 0.1) is 17.1 Å². The lowest BCUT2D eigenvalue weighted by Crippen LogP contribution is -2.31. The number of fused-ring (bicyclic) bond motifs is 1. The fourth-order valence-electron chi connectivity index (χ4n) is 2.59. The zero-order valence-electron chi connectivity index (χ0n) is 11.0. The molecule has 1 atom stereocenters. The summed E-state index contributed by atoms with van der Waals surface area (Å²) in [5.41, 5.74) is 3.25. The molecule has 1 aliphatic heterocycles. The van der Waals surface area contributed by atoms with Gasteiger partial charge in [0, 0.05) is 29.9 Å². The number of nitrogens with zero attached hydrogens (tertiary/aromatic N) is 2. The number of thioether (sulfide) groups is 1. The van der Waals surface area contributed by atoms with Gasteiger partial charge in [0.1, 0.15) is 0 Å². The number of rotatable bonds is 3. The molecule has 0 spiro atoms. The molecule has 1 aromatic heterocycles. The second-order valence-corrected chi connectivity index (χ2v) is 6.33. The highest BCUT2D eigenvalue weighted by molar-refractivity contribution is 7.99. The van der Waals surface area contributed by atoms with Crippen molar-refractivity contribution in [3.8, 4) is 0 Å². The van der Waals surface area contributed by atoms with E-state index in [9.17, 15) is 0 Å². The highest BCUT2D eigenvalue weighted by atomic mass is 35.5. The second-order valence-electron chi connectivity index (χ2n) is 4.91. The van der Waals surface area contributed by atoms with Crippen LogP contribution in [0.2, 0.25) is 0 Å². The fourth-order valence-corrected chi connectivity index (χ4v) is 4.00. The minimum absolute atomic E-state index is 0.463. The zero-order valence-corrected chi connectivity index (χ0v) is 12.5. The van der Waals surface area contributed by atoms with Crippen molar-refractivity contribution in [2.75, 3.05) is 23.5 Å². The van der Waals surface area contributed by atoms with Crippen LogP contribution in [-0.2, 0) is 5.88 Å². The van der Waals surface area contributed by atoms with Gasteiger partial charge in [-0.15, -0.1) is 11.6 Å². The number of benzene rings is 1. The SMILES string of the molecule is CN(c1cc(CCl)nc2ccccc12)C1CCSC1. The summed E-state index contributed by atoms with van der Waals surface area (Å²) in [7, 11) is 2.19. The van der Waals surface area contributed by atoms with E-state index in [1.165, 1.54) is 29.0 Å². The Labute approximate surface area is 123 Å². The van der Waals surface area contributed by atoms with Crippen LogP contribution >= 0.6 is 23.4 Å². The van der Waals surface area contributed by atoms with Crippen LogP contribution < -0.4 is 4.90 Å². The molecule has 19 heavy (non-hydrogen) atoms. The molecule has 1 saturated heterocycles. The van der Waals surface area contributed by atoms with Crippen molar-refractivity contribution in [2.24, 2.45) is 0 Å². The molecule has 0 amide bonds. The lowest BCUT2D eigenvalue weighted by Gasteiger charge is -2.27. The first kappa shape index (κ1) is 13.1. The Morgan fingerprint density at radius 3 is 3.00 bits per heavy atom. The maximum Gasteiger partial charge on any atom is 0.0726 e. The first-order valence-corrected chi connectivity index (χ1v) is 8.23. The molecule has 0 N–H and O–H groups in total. The lowest BCUT2D eigenvalue weighted by atomic mass is 10.1. The average Bonchev–Trinajstić information content (AvgIpc) is 2.99.